The molecule has 0 radical (unpaired) electrons. The van der Waals surface area contributed by atoms with E-state index >= 15 is 0 Å². The van der Waals surface area contributed by atoms with Gasteiger partial charge in [0.15, 0.2) is 0 Å². The largest absolute Gasteiger partial charge is 0.358 e. The Morgan fingerprint density at radius 3 is 2.80 bits per heavy atom. The summed E-state index contributed by atoms with van der Waals surface area (Å²) in [5.41, 5.74) is 0. The van der Waals surface area contributed by atoms with Gasteiger partial charge in [-0.3, -0.25) is 0 Å². The second kappa shape index (κ2) is 5.08. The quantitative estimate of drug-likeness (QED) is 0.789. The van der Waals surface area contributed by atoms with E-state index in [2.05, 4.69) is 32.0 Å². The van der Waals surface area contributed by atoms with Gasteiger partial charge in [0.25, 0.3) is 0 Å². The van der Waals surface area contributed by atoms with Crippen LogP contribution in [0.5, 0.6) is 0 Å². The first-order valence-electron chi connectivity index (χ1n) is 4.65. The average Bonchev–Trinajstić information content (AvgIpc) is 2.16. The minimum Gasteiger partial charge on any atom is -0.358 e. The molecular weight excluding hydrogens is 256 g/mol. The van der Waals surface area contributed by atoms with Gasteiger partial charge in [0.05, 0.1) is 12.0 Å². The van der Waals surface area contributed by atoms with E-state index in [1.807, 2.05) is 31.9 Å². The number of hydrogen-bond acceptors (Lipinski definition) is 4. The van der Waals surface area contributed by atoms with Gasteiger partial charge in [0.2, 0.25) is 0 Å². The van der Waals surface area contributed by atoms with E-state index in [4.69, 9.17) is 5.26 Å². The number of hydrogen-bond donors (Lipinski definition) is 0. The Balaban J connectivity index is 2.82. The monoisotopic (exact) mass is 268 g/mol. The highest BCUT2D eigenvalue weighted by Gasteiger charge is 2.08. The molecule has 4 nitrogen and oxygen atoms in total. The van der Waals surface area contributed by atoms with Crippen molar-refractivity contribution in [1.82, 2.24) is 9.97 Å². The summed E-state index contributed by atoms with van der Waals surface area (Å²) in [7, 11) is 1.92. The lowest BCUT2D eigenvalue weighted by molar-refractivity contribution is 0.707. The van der Waals surface area contributed by atoms with E-state index < -0.39 is 0 Å². The normalized spacial score (nSPS) is 11.9. The van der Waals surface area contributed by atoms with Crippen molar-refractivity contribution in [2.45, 2.75) is 13.8 Å². The Morgan fingerprint density at radius 1 is 1.60 bits per heavy atom. The van der Waals surface area contributed by atoms with Gasteiger partial charge in [0.1, 0.15) is 16.2 Å². The van der Waals surface area contributed by atoms with E-state index in [0.29, 0.717) is 6.54 Å². The lowest BCUT2D eigenvalue weighted by Gasteiger charge is -2.19. The minimum atomic E-state index is -0.0101. The maximum Gasteiger partial charge on any atom is 0.133 e. The van der Waals surface area contributed by atoms with Crippen molar-refractivity contribution in [3.63, 3.8) is 0 Å². The summed E-state index contributed by atoms with van der Waals surface area (Å²) in [6, 6.07) is 4.04. The summed E-state index contributed by atoms with van der Waals surface area (Å²) < 4.78 is 0.765. The zero-order valence-electron chi connectivity index (χ0n) is 9.03. The Labute approximate surface area is 98.1 Å². The first-order chi connectivity index (χ1) is 7.02. The van der Waals surface area contributed by atoms with Gasteiger partial charge in [-0.25, -0.2) is 9.97 Å². The number of rotatable bonds is 3. The van der Waals surface area contributed by atoms with Gasteiger partial charge in [-0.2, -0.15) is 5.26 Å². The fourth-order valence-electron chi connectivity index (χ4n) is 1.26. The minimum absolute atomic E-state index is 0.0101. The third kappa shape index (κ3) is 3.48. The van der Waals surface area contributed by atoms with E-state index in [9.17, 15) is 0 Å². The predicted octanol–water partition coefficient (Wildman–Crippen LogP) is 2.14. The Hall–Kier alpha value is -1.15. The summed E-state index contributed by atoms with van der Waals surface area (Å²) in [6.07, 6.45) is 0. The molecule has 0 N–H and O–H groups in total. The molecule has 0 aliphatic heterocycles. The zero-order chi connectivity index (χ0) is 11.4. The molecule has 1 aromatic heterocycles. The highest BCUT2D eigenvalue weighted by molar-refractivity contribution is 9.10. The van der Waals surface area contributed by atoms with Crippen LogP contribution in [-0.4, -0.2) is 23.6 Å². The number of nitrogens with zero attached hydrogens (tertiary/aromatic N) is 4. The smallest absolute Gasteiger partial charge is 0.133 e. The fourth-order valence-corrected chi connectivity index (χ4v) is 1.72. The maximum atomic E-state index is 8.72. The molecule has 5 heteroatoms. The fraction of sp³-hybridized carbons (Fsp3) is 0.500. The van der Waals surface area contributed by atoms with Crippen molar-refractivity contribution in [2.75, 3.05) is 18.5 Å². The molecule has 0 bridgehead atoms. The van der Waals surface area contributed by atoms with Crippen molar-refractivity contribution >= 4 is 21.7 Å². The van der Waals surface area contributed by atoms with E-state index in [1.165, 1.54) is 0 Å². The molecule has 1 rings (SSSR count). The summed E-state index contributed by atoms with van der Waals surface area (Å²) in [6.45, 7) is 4.40. The second-order valence-corrected chi connectivity index (χ2v) is 4.32. The van der Waals surface area contributed by atoms with Crippen LogP contribution in [0.15, 0.2) is 10.7 Å². The molecule has 0 aromatic carbocycles. The lowest BCUT2D eigenvalue weighted by atomic mass is 10.2. The third-order valence-corrected chi connectivity index (χ3v) is 2.36. The number of nitriles is 1. The van der Waals surface area contributed by atoms with Gasteiger partial charge >= 0.3 is 0 Å². The van der Waals surface area contributed by atoms with Crippen molar-refractivity contribution in [3.05, 3.63) is 16.5 Å². The van der Waals surface area contributed by atoms with Gasteiger partial charge in [-0.1, -0.05) is 0 Å². The van der Waals surface area contributed by atoms with Crippen LogP contribution in [-0.2, 0) is 0 Å². The van der Waals surface area contributed by atoms with Crippen LogP contribution in [0.2, 0.25) is 0 Å². The van der Waals surface area contributed by atoms with Crippen LogP contribution in [0, 0.1) is 24.2 Å². The van der Waals surface area contributed by atoms with Crippen molar-refractivity contribution in [3.8, 4) is 6.07 Å². The van der Waals surface area contributed by atoms with E-state index in [1.54, 1.807) is 0 Å². The molecular formula is C10H13BrN4. The van der Waals surface area contributed by atoms with Gasteiger partial charge in [0, 0.05) is 19.7 Å². The SMILES string of the molecule is Cc1nc(Br)cc(N(C)CC(C)C#N)n1. The van der Waals surface area contributed by atoms with Crippen LogP contribution in [0.1, 0.15) is 12.7 Å². The molecule has 0 aliphatic carbocycles. The molecule has 1 atom stereocenters. The molecule has 0 spiro atoms. The average molecular weight is 269 g/mol. The molecule has 80 valence electrons. The lowest BCUT2D eigenvalue weighted by Crippen LogP contribution is -2.24. The molecule has 1 unspecified atom stereocenters. The molecule has 0 fully saturated rings. The van der Waals surface area contributed by atoms with Crippen LogP contribution in [0.3, 0.4) is 0 Å². The molecule has 0 saturated carbocycles. The first-order valence-corrected chi connectivity index (χ1v) is 5.44. The van der Waals surface area contributed by atoms with Crippen LogP contribution < -0.4 is 4.90 Å². The Kier molecular flexibility index (Phi) is 4.04. The maximum absolute atomic E-state index is 8.72. The molecule has 1 heterocycles. The molecule has 1 aromatic rings. The van der Waals surface area contributed by atoms with Crippen molar-refractivity contribution < 1.29 is 0 Å². The second-order valence-electron chi connectivity index (χ2n) is 3.51. The summed E-state index contributed by atoms with van der Waals surface area (Å²) >= 11 is 3.32. The number of aryl methyl sites for hydroxylation is 1. The zero-order valence-corrected chi connectivity index (χ0v) is 10.6. The van der Waals surface area contributed by atoms with Gasteiger partial charge in [-0.05, 0) is 29.8 Å². The van der Waals surface area contributed by atoms with Crippen molar-refractivity contribution in [1.29, 1.82) is 5.26 Å². The number of aromatic nitrogens is 2. The van der Waals surface area contributed by atoms with Crippen LogP contribution >= 0.6 is 15.9 Å². The van der Waals surface area contributed by atoms with Crippen LogP contribution in [0.4, 0.5) is 5.82 Å². The molecule has 0 aliphatic rings. The Bertz CT molecular complexity index is 365. The first kappa shape index (κ1) is 11.9. The van der Waals surface area contributed by atoms with E-state index in [-0.39, 0.29) is 5.92 Å². The topological polar surface area (TPSA) is 52.8 Å². The summed E-state index contributed by atoms with van der Waals surface area (Å²) in [5.74, 6) is 1.54. The highest BCUT2D eigenvalue weighted by atomic mass is 79.9. The van der Waals surface area contributed by atoms with Gasteiger partial charge < -0.3 is 4.90 Å². The molecule has 15 heavy (non-hydrogen) atoms. The van der Waals surface area contributed by atoms with Crippen molar-refractivity contribution in [2.24, 2.45) is 5.92 Å². The van der Waals surface area contributed by atoms with E-state index in [0.717, 1.165) is 16.2 Å². The standard InChI is InChI=1S/C10H13BrN4/c1-7(5-12)6-15(3)10-4-9(11)13-8(2)14-10/h4,7H,6H2,1-3H3. The van der Waals surface area contributed by atoms with Crippen LogP contribution in [0.25, 0.3) is 0 Å². The number of halogens is 1. The third-order valence-electron chi connectivity index (χ3n) is 1.95. The Morgan fingerprint density at radius 2 is 2.27 bits per heavy atom. The molecule has 0 amide bonds. The predicted molar refractivity (Wildman–Crippen MR) is 62.5 cm³/mol. The number of anilines is 1. The summed E-state index contributed by atoms with van der Waals surface area (Å²) in [4.78, 5) is 10.4. The van der Waals surface area contributed by atoms with Gasteiger partial charge in [-0.15, -0.1) is 0 Å². The molecule has 0 saturated heterocycles. The highest BCUT2D eigenvalue weighted by Crippen LogP contribution is 2.16. The summed E-state index contributed by atoms with van der Waals surface area (Å²) in [5, 5.41) is 8.72.